The summed E-state index contributed by atoms with van der Waals surface area (Å²) in [7, 11) is 1.58. The number of esters is 1. The lowest BCUT2D eigenvalue weighted by atomic mass is 10.00. The van der Waals surface area contributed by atoms with Gasteiger partial charge in [0.25, 0.3) is 5.56 Å². The number of alkyl halides is 3. The maximum Gasteiger partial charge on any atom is 0.416 e. The van der Waals surface area contributed by atoms with E-state index >= 15 is 0 Å². The maximum absolute atomic E-state index is 12.8. The van der Waals surface area contributed by atoms with E-state index in [1.807, 2.05) is 12.1 Å². The highest BCUT2D eigenvalue weighted by atomic mass is 19.4. The molecule has 4 aromatic rings. The van der Waals surface area contributed by atoms with E-state index in [2.05, 4.69) is 5.10 Å². The molecule has 0 radical (unpaired) electrons. The molecule has 1 aromatic heterocycles. The highest BCUT2D eigenvalue weighted by Crippen LogP contribution is 2.33. The molecule has 0 unspecified atom stereocenters. The first-order chi connectivity index (χ1) is 15.6. The molecule has 0 bridgehead atoms. The summed E-state index contributed by atoms with van der Waals surface area (Å²) in [6.45, 7) is 3.52. The van der Waals surface area contributed by atoms with Crippen LogP contribution in [-0.2, 0) is 13.2 Å². The molecule has 8 heteroatoms. The van der Waals surface area contributed by atoms with Gasteiger partial charge < -0.3 is 4.74 Å². The van der Waals surface area contributed by atoms with Crippen molar-refractivity contribution in [3.05, 3.63) is 93.3 Å². The monoisotopic (exact) mass is 452 g/mol. The van der Waals surface area contributed by atoms with Crippen LogP contribution in [-0.4, -0.2) is 15.7 Å². The minimum atomic E-state index is -4.48. The summed E-state index contributed by atoms with van der Waals surface area (Å²) < 4.78 is 45.1. The van der Waals surface area contributed by atoms with E-state index in [0.29, 0.717) is 33.3 Å². The summed E-state index contributed by atoms with van der Waals surface area (Å²) in [5, 5.41) is 5.67. The average molecular weight is 452 g/mol. The van der Waals surface area contributed by atoms with Crippen LogP contribution in [0.5, 0.6) is 5.75 Å². The molecule has 3 aromatic carbocycles. The van der Waals surface area contributed by atoms with Crippen molar-refractivity contribution in [1.82, 2.24) is 9.78 Å². The van der Waals surface area contributed by atoms with E-state index in [1.54, 1.807) is 45.2 Å². The molecule has 0 saturated heterocycles. The highest BCUT2D eigenvalue weighted by Gasteiger charge is 2.30. The van der Waals surface area contributed by atoms with Gasteiger partial charge in [0.2, 0.25) is 0 Å². The van der Waals surface area contributed by atoms with Crippen LogP contribution in [0.4, 0.5) is 13.2 Å². The van der Waals surface area contributed by atoms with Gasteiger partial charge in [0, 0.05) is 18.0 Å². The van der Waals surface area contributed by atoms with Crippen LogP contribution in [0.25, 0.3) is 22.0 Å². The topological polar surface area (TPSA) is 61.2 Å². The minimum absolute atomic E-state index is 0.0107. The first kappa shape index (κ1) is 22.3. The number of ether oxygens (including phenoxy) is 1. The lowest BCUT2D eigenvalue weighted by Gasteiger charge is -2.14. The van der Waals surface area contributed by atoms with Crippen LogP contribution in [0.15, 0.2) is 65.5 Å². The predicted octanol–water partition coefficient (Wildman–Crippen LogP) is 5.46. The van der Waals surface area contributed by atoms with Crippen molar-refractivity contribution in [3.8, 4) is 17.0 Å². The number of rotatable bonds is 3. The molecule has 0 aliphatic rings. The van der Waals surface area contributed by atoms with Gasteiger partial charge in [-0.25, -0.2) is 9.48 Å². The van der Waals surface area contributed by atoms with Crippen LogP contribution in [0, 0.1) is 13.8 Å². The minimum Gasteiger partial charge on any atom is -0.422 e. The number of hydrogen-bond acceptors (Lipinski definition) is 4. The van der Waals surface area contributed by atoms with Gasteiger partial charge in [-0.2, -0.15) is 18.3 Å². The van der Waals surface area contributed by atoms with Crippen LogP contribution in [0.2, 0.25) is 0 Å². The lowest BCUT2D eigenvalue weighted by Crippen LogP contribution is -2.20. The van der Waals surface area contributed by atoms with Crippen LogP contribution in [0.3, 0.4) is 0 Å². The number of aryl methyl sites for hydroxylation is 3. The zero-order valence-electron chi connectivity index (χ0n) is 18.0. The predicted molar refractivity (Wildman–Crippen MR) is 118 cm³/mol. The molecule has 0 N–H and O–H groups in total. The maximum atomic E-state index is 12.8. The van der Waals surface area contributed by atoms with Crippen LogP contribution >= 0.6 is 0 Å². The largest absolute Gasteiger partial charge is 0.422 e. The van der Waals surface area contributed by atoms with Gasteiger partial charge in [0.1, 0.15) is 5.75 Å². The Labute approximate surface area is 187 Å². The number of hydrogen-bond donors (Lipinski definition) is 0. The van der Waals surface area contributed by atoms with Gasteiger partial charge in [-0.05, 0) is 67.4 Å². The van der Waals surface area contributed by atoms with Crippen molar-refractivity contribution >= 4 is 16.7 Å². The molecule has 1 heterocycles. The number of halogens is 3. The Bertz CT molecular complexity index is 1420. The molecule has 4 rings (SSSR count). The number of carbonyl (C=O) groups is 1. The third kappa shape index (κ3) is 4.24. The van der Waals surface area contributed by atoms with E-state index in [9.17, 15) is 22.8 Å². The van der Waals surface area contributed by atoms with Crippen molar-refractivity contribution in [2.75, 3.05) is 0 Å². The molecular weight excluding hydrogens is 433 g/mol. The zero-order valence-corrected chi connectivity index (χ0v) is 18.0. The zero-order chi connectivity index (χ0) is 23.9. The van der Waals surface area contributed by atoms with Gasteiger partial charge in [0.15, 0.2) is 0 Å². The van der Waals surface area contributed by atoms with Gasteiger partial charge in [-0.15, -0.1) is 0 Å². The summed E-state index contributed by atoms with van der Waals surface area (Å²) in [4.78, 5) is 24.9. The third-order valence-corrected chi connectivity index (χ3v) is 5.33. The molecule has 168 valence electrons. The molecule has 0 saturated carbocycles. The fraction of sp³-hybridized carbons (Fsp3) is 0.160. The van der Waals surface area contributed by atoms with Crippen molar-refractivity contribution in [3.63, 3.8) is 0 Å². The Morgan fingerprint density at radius 1 is 0.939 bits per heavy atom. The Kier molecular flexibility index (Phi) is 5.53. The SMILES string of the molecule is Cc1cc(-c2nn(C)c(=O)c3ccccc23)cc(C)c1OC(=O)c1ccc(C(F)(F)F)cc1. The van der Waals surface area contributed by atoms with E-state index in [-0.39, 0.29) is 11.1 Å². The number of carbonyl (C=O) groups excluding carboxylic acids is 1. The summed E-state index contributed by atoms with van der Waals surface area (Å²) in [6, 6.07) is 14.6. The summed E-state index contributed by atoms with van der Waals surface area (Å²) >= 11 is 0. The van der Waals surface area contributed by atoms with Crippen LogP contribution < -0.4 is 10.3 Å². The van der Waals surface area contributed by atoms with E-state index in [0.717, 1.165) is 29.8 Å². The smallest absolute Gasteiger partial charge is 0.416 e. The molecule has 0 amide bonds. The fourth-order valence-corrected chi connectivity index (χ4v) is 3.71. The highest BCUT2D eigenvalue weighted by molar-refractivity contribution is 5.94. The van der Waals surface area contributed by atoms with Gasteiger partial charge in [-0.1, -0.05) is 18.2 Å². The van der Waals surface area contributed by atoms with Gasteiger partial charge in [-0.3, -0.25) is 4.79 Å². The van der Waals surface area contributed by atoms with Crippen LogP contribution in [0.1, 0.15) is 27.0 Å². The Morgan fingerprint density at radius 2 is 1.52 bits per heavy atom. The lowest BCUT2D eigenvalue weighted by molar-refractivity contribution is -0.137. The molecular formula is C25H19F3N2O3. The first-order valence-electron chi connectivity index (χ1n) is 10.0. The molecule has 0 atom stereocenters. The number of nitrogens with zero attached hydrogens (tertiary/aromatic N) is 2. The number of benzene rings is 3. The quantitative estimate of drug-likeness (QED) is 0.306. The molecule has 0 aliphatic carbocycles. The van der Waals surface area contributed by atoms with Crippen molar-refractivity contribution < 1.29 is 22.7 Å². The summed E-state index contributed by atoms with van der Waals surface area (Å²) in [6.07, 6.45) is -4.48. The Hall–Kier alpha value is -3.94. The van der Waals surface area contributed by atoms with Crippen molar-refractivity contribution in [2.24, 2.45) is 7.05 Å². The molecule has 5 nitrogen and oxygen atoms in total. The standard InChI is InChI=1S/C25H19F3N2O3/c1-14-12-17(21-19-6-4-5-7-20(19)23(31)30(3)29-21)13-15(2)22(14)33-24(32)16-8-10-18(11-9-16)25(26,27)28/h4-13H,1-3H3. The molecule has 0 aliphatic heterocycles. The molecule has 33 heavy (non-hydrogen) atoms. The van der Waals surface area contributed by atoms with Crippen molar-refractivity contribution in [1.29, 1.82) is 0 Å². The summed E-state index contributed by atoms with van der Waals surface area (Å²) in [5.74, 6) is -0.439. The molecule has 0 spiro atoms. The van der Waals surface area contributed by atoms with Gasteiger partial charge in [0.05, 0.1) is 22.2 Å². The second-order valence-electron chi connectivity index (χ2n) is 7.73. The average Bonchev–Trinajstić information content (AvgIpc) is 2.78. The summed E-state index contributed by atoms with van der Waals surface area (Å²) in [5.41, 5.74) is 1.61. The number of aromatic nitrogens is 2. The fourth-order valence-electron chi connectivity index (χ4n) is 3.71. The van der Waals surface area contributed by atoms with E-state index in [1.165, 1.54) is 4.68 Å². The number of fused-ring (bicyclic) bond motifs is 1. The Balaban J connectivity index is 1.69. The first-order valence-corrected chi connectivity index (χ1v) is 10.0. The van der Waals surface area contributed by atoms with E-state index < -0.39 is 17.7 Å². The van der Waals surface area contributed by atoms with E-state index in [4.69, 9.17) is 4.74 Å². The molecule has 0 fully saturated rings. The van der Waals surface area contributed by atoms with Crippen molar-refractivity contribution in [2.45, 2.75) is 20.0 Å². The second-order valence-corrected chi connectivity index (χ2v) is 7.73. The Morgan fingerprint density at radius 3 is 2.09 bits per heavy atom. The normalized spacial score (nSPS) is 11.6. The third-order valence-electron chi connectivity index (χ3n) is 5.33. The second kappa shape index (κ2) is 8.20. The van der Waals surface area contributed by atoms with Gasteiger partial charge >= 0.3 is 12.1 Å².